The van der Waals surface area contributed by atoms with Gasteiger partial charge in [0.1, 0.15) is 11.5 Å². The maximum atomic E-state index is 11.4. The highest BCUT2D eigenvalue weighted by Crippen LogP contribution is 2.36. The predicted molar refractivity (Wildman–Crippen MR) is 130 cm³/mol. The molecule has 0 saturated carbocycles. The summed E-state index contributed by atoms with van der Waals surface area (Å²) >= 11 is 1.70. The lowest BCUT2D eigenvalue weighted by atomic mass is 9.89. The lowest BCUT2D eigenvalue weighted by Crippen LogP contribution is -2.19. The zero-order valence-electron chi connectivity index (χ0n) is 19.5. The minimum Gasteiger partial charge on any atom is -0.496 e. The molecule has 2 aromatic heterocycles. The third-order valence-electron chi connectivity index (χ3n) is 6.07. The highest BCUT2D eigenvalue weighted by atomic mass is 32.1. The number of aliphatic hydroxyl groups is 1. The van der Waals surface area contributed by atoms with Crippen LogP contribution in [0.25, 0.3) is 0 Å². The first-order chi connectivity index (χ1) is 15.9. The molecule has 0 aliphatic carbocycles. The average molecular weight is 472 g/mol. The van der Waals surface area contributed by atoms with E-state index in [1.807, 2.05) is 37.5 Å². The Morgan fingerprint density at radius 2 is 1.85 bits per heavy atom. The molecule has 3 rings (SSSR count). The highest BCUT2D eigenvalue weighted by molar-refractivity contribution is 7.07. The van der Waals surface area contributed by atoms with Crippen LogP contribution in [0.15, 0.2) is 47.4 Å². The van der Waals surface area contributed by atoms with Crippen LogP contribution in [0.1, 0.15) is 47.6 Å². The molecule has 178 valence electrons. The van der Waals surface area contributed by atoms with E-state index in [4.69, 9.17) is 14.6 Å². The summed E-state index contributed by atoms with van der Waals surface area (Å²) < 4.78 is 13.1. The second kappa shape index (κ2) is 11.9. The Bertz CT molecular complexity index is 1000. The van der Waals surface area contributed by atoms with Gasteiger partial charge in [0.05, 0.1) is 20.3 Å². The summed E-state index contributed by atoms with van der Waals surface area (Å²) in [7, 11) is 3.24. The van der Waals surface area contributed by atoms with Gasteiger partial charge in [0, 0.05) is 36.8 Å². The molecule has 2 atom stereocenters. The Morgan fingerprint density at radius 1 is 1.12 bits per heavy atom. The van der Waals surface area contributed by atoms with Gasteiger partial charge in [-0.25, -0.2) is 0 Å². The molecule has 1 aromatic carbocycles. The van der Waals surface area contributed by atoms with Gasteiger partial charge >= 0.3 is 5.97 Å². The number of aromatic nitrogens is 1. The molecular weight excluding hydrogens is 438 g/mol. The van der Waals surface area contributed by atoms with Crippen LogP contribution < -0.4 is 9.47 Å². The number of rotatable bonds is 13. The van der Waals surface area contributed by atoms with Gasteiger partial charge in [-0.1, -0.05) is 0 Å². The van der Waals surface area contributed by atoms with Crippen LogP contribution in [0.3, 0.4) is 0 Å². The second-order valence-electron chi connectivity index (χ2n) is 8.39. The van der Waals surface area contributed by atoms with Crippen LogP contribution in [-0.4, -0.2) is 35.0 Å². The van der Waals surface area contributed by atoms with Crippen LogP contribution in [0, 0.1) is 12.8 Å². The van der Waals surface area contributed by atoms with Gasteiger partial charge in [-0.05, 0) is 84.3 Å². The van der Waals surface area contributed by atoms with E-state index in [0.29, 0.717) is 24.5 Å². The van der Waals surface area contributed by atoms with Crippen molar-refractivity contribution in [1.82, 2.24) is 4.57 Å². The monoisotopic (exact) mass is 471 g/mol. The van der Waals surface area contributed by atoms with Gasteiger partial charge in [-0.3, -0.25) is 4.79 Å². The van der Waals surface area contributed by atoms with Crippen LogP contribution >= 0.6 is 11.3 Å². The number of aliphatic carboxylic acids is 1. The molecule has 0 aliphatic rings. The Kier molecular flexibility index (Phi) is 8.97. The number of hydrogen-bond acceptors (Lipinski definition) is 5. The minimum absolute atomic E-state index is 0.0273. The topological polar surface area (TPSA) is 80.9 Å². The maximum Gasteiger partial charge on any atom is 0.303 e. The maximum absolute atomic E-state index is 11.4. The molecule has 0 saturated heterocycles. The van der Waals surface area contributed by atoms with Gasteiger partial charge < -0.3 is 24.3 Å². The summed E-state index contributed by atoms with van der Waals surface area (Å²) in [4.78, 5) is 10.9. The summed E-state index contributed by atoms with van der Waals surface area (Å²) in [6.07, 6.45) is 6.65. The predicted octanol–water partition coefficient (Wildman–Crippen LogP) is 5.27. The fourth-order valence-corrected chi connectivity index (χ4v) is 4.88. The molecule has 3 aromatic rings. The Labute approximate surface area is 199 Å². The number of hydrogen-bond donors (Lipinski definition) is 2. The molecular formula is C26H33NO5S. The minimum atomic E-state index is -0.799. The average Bonchev–Trinajstić information content (AvgIpc) is 3.49. The van der Waals surface area contributed by atoms with Crippen molar-refractivity contribution in [3.63, 3.8) is 0 Å². The summed E-state index contributed by atoms with van der Waals surface area (Å²) in [5.74, 6) is 0.557. The van der Waals surface area contributed by atoms with Gasteiger partial charge in [0.2, 0.25) is 0 Å². The van der Waals surface area contributed by atoms with Crippen LogP contribution in [0.2, 0.25) is 0 Å². The third-order valence-corrected chi connectivity index (χ3v) is 6.80. The molecule has 0 spiro atoms. The molecule has 2 N–H and O–H groups in total. The first-order valence-corrected chi connectivity index (χ1v) is 12.1. The molecule has 0 bridgehead atoms. The van der Waals surface area contributed by atoms with Crippen LogP contribution in [-0.2, 0) is 24.2 Å². The summed E-state index contributed by atoms with van der Waals surface area (Å²) in [5.41, 5.74) is 3.98. The van der Waals surface area contributed by atoms with E-state index in [9.17, 15) is 9.90 Å². The first-order valence-electron chi connectivity index (χ1n) is 11.2. The Morgan fingerprint density at radius 3 is 2.45 bits per heavy atom. The van der Waals surface area contributed by atoms with E-state index < -0.39 is 12.1 Å². The number of nitrogens with zero attached hydrogens (tertiary/aromatic N) is 1. The van der Waals surface area contributed by atoms with Crippen molar-refractivity contribution in [1.29, 1.82) is 0 Å². The van der Waals surface area contributed by atoms with Crippen LogP contribution in [0.4, 0.5) is 0 Å². The van der Waals surface area contributed by atoms with E-state index in [1.54, 1.807) is 25.6 Å². The smallest absolute Gasteiger partial charge is 0.303 e. The summed E-state index contributed by atoms with van der Waals surface area (Å²) in [6.45, 7) is 2.57. The normalized spacial score (nSPS) is 13.0. The van der Waals surface area contributed by atoms with E-state index in [2.05, 4.69) is 21.4 Å². The SMILES string of the molecule is COc1cc(C(O)C(CCCc2ccsc2)Cn2ccc(CCC(=O)O)c2)cc(OC)c1C. The molecule has 2 unspecified atom stereocenters. The van der Waals surface area contributed by atoms with E-state index in [0.717, 1.165) is 36.0 Å². The number of aryl methyl sites for hydroxylation is 2. The van der Waals surface area contributed by atoms with Crippen molar-refractivity contribution in [3.05, 3.63) is 69.7 Å². The van der Waals surface area contributed by atoms with Crippen LogP contribution in [0.5, 0.6) is 11.5 Å². The van der Waals surface area contributed by atoms with Crippen molar-refractivity contribution in [2.45, 2.75) is 51.7 Å². The zero-order valence-corrected chi connectivity index (χ0v) is 20.3. The van der Waals surface area contributed by atoms with Gasteiger partial charge in [0.15, 0.2) is 0 Å². The molecule has 0 amide bonds. The second-order valence-corrected chi connectivity index (χ2v) is 9.17. The molecule has 33 heavy (non-hydrogen) atoms. The fraction of sp³-hybridized carbons (Fsp3) is 0.423. The Balaban J connectivity index is 1.79. The van der Waals surface area contributed by atoms with Gasteiger partial charge in [-0.2, -0.15) is 11.3 Å². The van der Waals surface area contributed by atoms with E-state index in [-0.39, 0.29) is 12.3 Å². The number of carbonyl (C=O) groups is 1. The number of benzene rings is 1. The van der Waals surface area contributed by atoms with E-state index in [1.165, 1.54) is 5.56 Å². The molecule has 0 radical (unpaired) electrons. The number of carboxylic acids is 1. The largest absolute Gasteiger partial charge is 0.496 e. The van der Waals surface area contributed by atoms with E-state index >= 15 is 0 Å². The molecule has 0 aliphatic heterocycles. The summed E-state index contributed by atoms with van der Waals surface area (Å²) in [5, 5.41) is 24.6. The van der Waals surface area contributed by atoms with Gasteiger partial charge in [-0.15, -0.1) is 0 Å². The highest BCUT2D eigenvalue weighted by Gasteiger charge is 2.24. The Hall–Kier alpha value is -2.77. The van der Waals surface area contributed by atoms with Crippen molar-refractivity contribution < 1.29 is 24.5 Å². The lowest BCUT2D eigenvalue weighted by Gasteiger charge is -2.25. The molecule has 2 heterocycles. The number of methoxy groups -OCH3 is 2. The number of aliphatic hydroxyl groups excluding tert-OH is 1. The molecule has 0 fully saturated rings. The summed E-state index contributed by atoms with van der Waals surface area (Å²) in [6, 6.07) is 7.88. The van der Waals surface area contributed by atoms with Crippen molar-refractivity contribution in [2.75, 3.05) is 14.2 Å². The van der Waals surface area contributed by atoms with Crippen molar-refractivity contribution in [2.24, 2.45) is 5.92 Å². The fourth-order valence-electron chi connectivity index (χ4n) is 4.18. The van der Waals surface area contributed by atoms with Crippen molar-refractivity contribution in [3.8, 4) is 11.5 Å². The lowest BCUT2D eigenvalue weighted by molar-refractivity contribution is -0.136. The first kappa shape index (κ1) is 24.9. The third kappa shape index (κ3) is 6.85. The number of thiophene rings is 1. The molecule has 7 heteroatoms. The number of carboxylic acid groups (broad SMARTS) is 1. The number of ether oxygens (including phenoxy) is 2. The van der Waals surface area contributed by atoms with Gasteiger partial charge in [0.25, 0.3) is 0 Å². The van der Waals surface area contributed by atoms with Crippen molar-refractivity contribution >= 4 is 17.3 Å². The zero-order chi connectivity index (χ0) is 23.8. The standard InChI is InChI=1S/C26H33NO5S/c1-18-23(31-2)13-22(14-24(18)32-3)26(30)21(6-4-5-20-10-12-33-17-20)16-27-11-9-19(15-27)7-8-25(28)29/h9-15,17,21,26,30H,4-8,16H2,1-3H3,(H,28,29). The molecule has 6 nitrogen and oxygen atoms in total. The quantitative estimate of drug-likeness (QED) is 0.355.